The summed E-state index contributed by atoms with van der Waals surface area (Å²) in [6, 6.07) is 6.11. The van der Waals surface area contributed by atoms with Crippen molar-refractivity contribution in [1.29, 1.82) is 0 Å². The molecule has 1 aromatic carbocycles. The van der Waals surface area contributed by atoms with Crippen LogP contribution in [0, 0.1) is 22.2 Å². The highest BCUT2D eigenvalue weighted by Crippen LogP contribution is 2.31. The highest BCUT2D eigenvalue weighted by atomic mass is 16.7. The maximum Gasteiger partial charge on any atom is 0.433 e. The van der Waals surface area contributed by atoms with E-state index in [4.69, 9.17) is 24.1 Å². The van der Waals surface area contributed by atoms with Crippen LogP contribution in [-0.4, -0.2) is 67.8 Å². The van der Waals surface area contributed by atoms with Gasteiger partial charge < -0.3 is 29.4 Å². The van der Waals surface area contributed by atoms with E-state index in [1.165, 1.54) is 12.1 Å². The Morgan fingerprint density at radius 2 is 1.50 bits per heavy atom. The number of nitrogens with one attached hydrogen (secondary N) is 1. The SMILES string of the molecule is CC/C(C)=N\OC(=O)NCCOC(=O)C(C)(C)CC.CCC(C)(C)C(=O)Oc1ccc(O)cc1.CCC(C)C(=O)OCC1(CC)COC1. The summed E-state index contributed by atoms with van der Waals surface area (Å²) in [6.07, 6.45) is 3.35. The lowest BCUT2D eigenvalue weighted by Crippen LogP contribution is -2.46. The van der Waals surface area contributed by atoms with Crippen molar-refractivity contribution in [3.05, 3.63) is 24.3 Å². The minimum Gasteiger partial charge on any atom is -0.508 e. The van der Waals surface area contributed by atoms with Crippen LogP contribution in [0.1, 0.15) is 108 Å². The number of carbonyl (C=O) groups excluding carboxylic acids is 4. The number of amides is 1. The third-order valence-electron chi connectivity index (χ3n) is 8.42. The highest BCUT2D eigenvalue weighted by Gasteiger charge is 2.38. The molecule has 1 unspecified atom stereocenters. The van der Waals surface area contributed by atoms with E-state index in [9.17, 15) is 19.2 Å². The van der Waals surface area contributed by atoms with Crippen LogP contribution in [0.4, 0.5) is 4.79 Å². The largest absolute Gasteiger partial charge is 0.508 e. The number of aromatic hydroxyl groups is 1. The van der Waals surface area contributed by atoms with E-state index in [1.54, 1.807) is 19.1 Å². The molecular weight excluding hydrogens is 620 g/mol. The summed E-state index contributed by atoms with van der Waals surface area (Å²) >= 11 is 0. The topological polar surface area (TPSA) is 159 Å². The number of hydrogen-bond acceptors (Lipinski definition) is 11. The van der Waals surface area contributed by atoms with Gasteiger partial charge in [0.05, 0.1) is 47.6 Å². The van der Waals surface area contributed by atoms with E-state index in [2.05, 4.69) is 22.2 Å². The lowest BCUT2D eigenvalue weighted by Gasteiger charge is -2.40. The summed E-state index contributed by atoms with van der Waals surface area (Å²) in [7, 11) is 0. The zero-order chi connectivity index (χ0) is 37.0. The number of benzene rings is 1. The Balaban J connectivity index is 0.000000699. The van der Waals surface area contributed by atoms with Gasteiger partial charge in [-0.2, -0.15) is 0 Å². The summed E-state index contributed by atoms with van der Waals surface area (Å²) in [6.45, 7) is 23.2. The maximum absolute atomic E-state index is 11.7. The fraction of sp³-hybridized carbons (Fsp3) is 0.694. The first-order chi connectivity index (χ1) is 22.4. The van der Waals surface area contributed by atoms with Crippen molar-refractivity contribution in [3.8, 4) is 11.5 Å². The Bertz CT molecular complexity index is 1150. The quantitative estimate of drug-likeness (QED) is 0.0484. The number of phenols is 1. The smallest absolute Gasteiger partial charge is 0.433 e. The average Bonchev–Trinajstić information content (AvgIpc) is 3.06. The van der Waals surface area contributed by atoms with Gasteiger partial charge in [-0.05, 0) is 91.0 Å². The molecule has 0 aromatic heterocycles. The molecule has 1 fully saturated rings. The number of nitrogens with zero attached hydrogens (tertiary/aromatic N) is 1. The molecular formula is C36H60N2O10. The van der Waals surface area contributed by atoms with Crippen LogP contribution < -0.4 is 10.1 Å². The fourth-order valence-corrected chi connectivity index (χ4v) is 3.07. The predicted octanol–water partition coefficient (Wildman–Crippen LogP) is 7.21. The fourth-order valence-electron chi connectivity index (χ4n) is 3.07. The second-order valence-electron chi connectivity index (χ2n) is 13.2. The molecule has 48 heavy (non-hydrogen) atoms. The monoisotopic (exact) mass is 680 g/mol. The van der Waals surface area contributed by atoms with Crippen LogP contribution in [0.15, 0.2) is 29.4 Å². The Labute approximate surface area is 287 Å². The van der Waals surface area contributed by atoms with Crippen LogP contribution in [0.5, 0.6) is 11.5 Å². The van der Waals surface area contributed by atoms with E-state index in [0.29, 0.717) is 18.8 Å². The van der Waals surface area contributed by atoms with Crippen LogP contribution in [0.3, 0.4) is 0 Å². The third-order valence-corrected chi connectivity index (χ3v) is 8.42. The molecule has 1 atom stereocenters. The van der Waals surface area contributed by atoms with Crippen LogP contribution in [0.25, 0.3) is 0 Å². The highest BCUT2D eigenvalue weighted by molar-refractivity contribution is 5.82. The van der Waals surface area contributed by atoms with Gasteiger partial charge in [-0.1, -0.05) is 46.7 Å². The molecule has 1 aromatic rings. The van der Waals surface area contributed by atoms with Crippen molar-refractivity contribution in [1.82, 2.24) is 5.32 Å². The lowest BCUT2D eigenvalue weighted by atomic mass is 9.84. The summed E-state index contributed by atoms with van der Waals surface area (Å²) < 4.78 is 20.7. The molecule has 1 aliphatic rings. The van der Waals surface area contributed by atoms with Crippen molar-refractivity contribution in [2.24, 2.45) is 27.3 Å². The number of rotatable bonds is 15. The summed E-state index contributed by atoms with van der Waals surface area (Å²) in [4.78, 5) is 50.5. The molecule has 1 aliphatic heterocycles. The standard InChI is InChI=1S/C13H24N2O4.C12H16O3.C11H20O3/c1-6-10(3)15-19-12(17)14-8-9-18-11(16)13(4,5)7-2;1-4-12(2,3)11(14)15-10-7-5-9(13)6-8-10;1-4-9(3)10(12)14-8-11(5-2)6-13-7-11/h6-9H2,1-5H3,(H,14,17);5-8,13H,4H2,1-3H3;9H,4-8H2,1-3H3/b15-10-;;. The minimum absolute atomic E-state index is 0.0184. The Kier molecular flexibility index (Phi) is 20.4. The first-order valence-corrected chi connectivity index (χ1v) is 16.8. The Morgan fingerprint density at radius 3 is 1.96 bits per heavy atom. The number of carbonyl (C=O) groups is 4. The third kappa shape index (κ3) is 16.9. The van der Waals surface area contributed by atoms with Crippen molar-refractivity contribution in [2.75, 3.05) is 33.0 Å². The molecule has 12 nitrogen and oxygen atoms in total. The molecule has 0 radical (unpaired) electrons. The molecule has 0 saturated carbocycles. The first-order valence-electron chi connectivity index (χ1n) is 16.8. The van der Waals surface area contributed by atoms with Gasteiger partial charge in [0.1, 0.15) is 24.7 Å². The second kappa shape index (κ2) is 22.1. The van der Waals surface area contributed by atoms with Crippen molar-refractivity contribution >= 4 is 29.7 Å². The Hall–Kier alpha value is -3.67. The van der Waals surface area contributed by atoms with Gasteiger partial charge in [0.15, 0.2) is 0 Å². The van der Waals surface area contributed by atoms with Gasteiger partial charge in [0, 0.05) is 0 Å². The molecule has 274 valence electrons. The number of esters is 3. The van der Waals surface area contributed by atoms with Gasteiger partial charge in [0.2, 0.25) is 0 Å². The first kappa shape index (κ1) is 44.3. The lowest BCUT2D eigenvalue weighted by molar-refractivity contribution is -0.173. The van der Waals surface area contributed by atoms with Crippen LogP contribution >= 0.6 is 0 Å². The van der Waals surface area contributed by atoms with E-state index in [-0.39, 0.29) is 48.1 Å². The Morgan fingerprint density at radius 1 is 0.938 bits per heavy atom. The summed E-state index contributed by atoms with van der Waals surface area (Å²) in [5, 5.41) is 15.1. The van der Waals surface area contributed by atoms with Gasteiger partial charge in [0.25, 0.3) is 0 Å². The second-order valence-corrected chi connectivity index (χ2v) is 13.2. The molecule has 1 saturated heterocycles. The maximum atomic E-state index is 11.7. The summed E-state index contributed by atoms with van der Waals surface area (Å²) in [5.74, 6) is 0.0294. The zero-order valence-corrected chi connectivity index (χ0v) is 31.0. The number of ether oxygens (including phenoxy) is 4. The predicted molar refractivity (Wildman–Crippen MR) is 185 cm³/mol. The number of oxime groups is 1. The van der Waals surface area contributed by atoms with Crippen molar-refractivity contribution in [3.63, 3.8) is 0 Å². The van der Waals surface area contributed by atoms with E-state index < -0.39 is 16.9 Å². The van der Waals surface area contributed by atoms with E-state index >= 15 is 0 Å². The van der Waals surface area contributed by atoms with Crippen molar-refractivity contribution < 1.29 is 48.1 Å². The molecule has 0 bridgehead atoms. The molecule has 0 aliphatic carbocycles. The van der Waals surface area contributed by atoms with Gasteiger partial charge in [-0.25, -0.2) is 4.79 Å². The van der Waals surface area contributed by atoms with Gasteiger partial charge >= 0.3 is 24.0 Å². The minimum atomic E-state index is -0.654. The van der Waals surface area contributed by atoms with E-state index in [1.807, 2.05) is 62.3 Å². The van der Waals surface area contributed by atoms with Crippen LogP contribution in [0.2, 0.25) is 0 Å². The van der Waals surface area contributed by atoms with Crippen LogP contribution in [-0.2, 0) is 33.4 Å². The molecule has 12 heteroatoms. The zero-order valence-electron chi connectivity index (χ0n) is 31.0. The molecule has 1 amide bonds. The number of phenolic OH excluding ortho intramolecular Hbond substituents is 1. The average molecular weight is 681 g/mol. The van der Waals surface area contributed by atoms with Gasteiger partial charge in [-0.3, -0.25) is 19.2 Å². The molecule has 1 heterocycles. The number of hydrogen-bond donors (Lipinski definition) is 2. The molecule has 2 rings (SSSR count). The normalized spacial score (nSPS) is 14.4. The molecule has 2 N–H and O–H groups in total. The molecule has 0 spiro atoms. The van der Waals surface area contributed by atoms with Crippen molar-refractivity contribution in [2.45, 2.75) is 108 Å². The summed E-state index contributed by atoms with van der Waals surface area (Å²) in [5.41, 5.74) is -0.129. The van der Waals surface area contributed by atoms with Gasteiger partial charge in [-0.15, -0.1) is 0 Å². The van der Waals surface area contributed by atoms with E-state index in [0.717, 1.165) is 44.6 Å².